The minimum Gasteiger partial charge on any atom is -0.303 e. The molecule has 0 atom stereocenters. The lowest BCUT2D eigenvalue weighted by molar-refractivity contribution is -0.659. The SMILES string of the molecule is Cc1c(-c2c3c(cc[n+]2C)c2ccccc2n3-c2cccc(-c3ccc(-c4ccccc4)cc3)c2)ccc2ccccc12. The Bertz CT molecular complexity index is 2290. The molecular weight excluding hydrogens is 520 g/mol. The van der Waals surface area contributed by atoms with Crippen molar-refractivity contribution in [3.63, 3.8) is 0 Å². The van der Waals surface area contributed by atoms with E-state index in [2.05, 4.69) is 175 Å². The zero-order valence-corrected chi connectivity index (χ0v) is 24.3. The third-order valence-electron chi connectivity index (χ3n) is 8.84. The predicted molar refractivity (Wildman–Crippen MR) is 181 cm³/mol. The van der Waals surface area contributed by atoms with Crippen LogP contribution in [0.15, 0.2) is 152 Å². The smallest absolute Gasteiger partial charge is 0.237 e. The summed E-state index contributed by atoms with van der Waals surface area (Å²) in [6.45, 7) is 2.25. The molecule has 8 aromatic rings. The van der Waals surface area contributed by atoms with Crippen molar-refractivity contribution in [2.75, 3.05) is 0 Å². The molecule has 8 rings (SSSR count). The van der Waals surface area contributed by atoms with E-state index in [0.717, 1.165) is 5.69 Å². The van der Waals surface area contributed by atoms with Crippen LogP contribution in [0.25, 0.3) is 71.8 Å². The topological polar surface area (TPSA) is 8.81 Å². The highest BCUT2D eigenvalue weighted by Crippen LogP contribution is 2.39. The Hall–Kier alpha value is -5.47. The largest absolute Gasteiger partial charge is 0.303 e. The molecule has 0 aliphatic heterocycles. The average Bonchev–Trinajstić information content (AvgIpc) is 3.40. The van der Waals surface area contributed by atoms with E-state index in [9.17, 15) is 0 Å². The first kappa shape index (κ1) is 25.3. The van der Waals surface area contributed by atoms with Crippen molar-refractivity contribution < 1.29 is 4.57 Å². The molecule has 2 nitrogen and oxygen atoms in total. The van der Waals surface area contributed by atoms with Gasteiger partial charge in [-0.2, -0.15) is 4.57 Å². The van der Waals surface area contributed by atoms with Crippen LogP contribution in [0.2, 0.25) is 0 Å². The fourth-order valence-corrected chi connectivity index (χ4v) is 6.67. The third-order valence-corrected chi connectivity index (χ3v) is 8.84. The first-order valence-corrected chi connectivity index (χ1v) is 14.8. The van der Waals surface area contributed by atoms with E-state index in [1.165, 1.54) is 71.7 Å². The molecule has 204 valence electrons. The summed E-state index contributed by atoms with van der Waals surface area (Å²) in [5.74, 6) is 0. The van der Waals surface area contributed by atoms with Crippen molar-refractivity contribution in [3.8, 4) is 39.2 Å². The number of aryl methyl sites for hydroxylation is 2. The summed E-state index contributed by atoms with van der Waals surface area (Å²) in [4.78, 5) is 0. The molecule has 0 amide bonds. The summed E-state index contributed by atoms with van der Waals surface area (Å²) in [5.41, 5.74) is 12.2. The van der Waals surface area contributed by atoms with Crippen LogP contribution in [0, 0.1) is 6.92 Å². The van der Waals surface area contributed by atoms with Gasteiger partial charge in [0.05, 0.1) is 11.1 Å². The molecule has 0 aliphatic carbocycles. The maximum absolute atomic E-state index is 2.45. The normalized spacial score (nSPS) is 11.5. The second kappa shape index (κ2) is 10.1. The Labute approximate surface area is 251 Å². The number of nitrogens with zero attached hydrogens (tertiary/aromatic N) is 2. The van der Waals surface area contributed by atoms with Crippen molar-refractivity contribution in [1.29, 1.82) is 0 Å². The Morgan fingerprint density at radius 1 is 0.512 bits per heavy atom. The summed E-state index contributed by atoms with van der Waals surface area (Å²) >= 11 is 0. The predicted octanol–water partition coefficient (Wildman–Crippen LogP) is 10.1. The van der Waals surface area contributed by atoms with E-state index >= 15 is 0 Å². The summed E-state index contributed by atoms with van der Waals surface area (Å²) < 4.78 is 4.73. The molecule has 0 saturated carbocycles. The number of fused-ring (bicyclic) bond motifs is 4. The van der Waals surface area contributed by atoms with E-state index in [-0.39, 0.29) is 0 Å². The van der Waals surface area contributed by atoms with E-state index in [1.54, 1.807) is 0 Å². The van der Waals surface area contributed by atoms with Gasteiger partial charge in [-0.3, -0.25) is 0 Å². The molecule has 0 aliphatic rings. The summed E-state index contributed by atoms with van der Waals surface area (Å²) in [5, 5.41) is 5.08. The molecule has 0 saturated heterocycles. The molecule has 2 aromatic heterocycles. The Balaban J connectivity index is 1.36. The molecule has 0 bridgehead atoms. The van der Waals surface area contributed by atoms with Gasteiger partial charge in [-0.15, -0.1) is 0 Å². The zero-order chi connectivity index (χ0) is 28.9. The summed E-state index contributed by atoms with van der Waals surface area (Å²) in [6, 6.07) is 52.7. The molecule has 0 radical (unpaired) electrons. The summed E-state index contributed by atoms with van der Waals surface area (Å²) in [6.07, 6.45) is 2.20. The number of aromatic nitrogens is 2. The molecule has 2 heterocycles. The molecule has 0 fully saturated rings. The molecule has 0 unspecified atom stereocenters. The minimum atomic E-state index is 1.15. The Morgan fingerprint density at radius 3 is 1.98 bits per heavy atom. The van der Waals surface area contributed by atoms with Gasteiger partial charge >= 0.3 is 0 Å². The van der Waals surface area contributed by atoms with Crippen LogP contribution in [-0.4, -0.2) is 4.57 Å². The number of pyridine rings is 1. The van der Waals surface area contributed by atoms with Crippen LogP contribution in [0.5, 0.6) is 0 Å². The monoisotopic (exact) mass is 551 g/mol. The van der Waals surface area contributed by atoms with Gasteiger partial charge in [0.1, 0.15) is 12.6 Å². The van der Waals surface area contributed by atoms with Gasteiger partial charge < -0.3 is 4.57 Å². The van der Waals surface area contributed by atoms with Gasteiger partial charge in [-0.25, -0.2) is 0 Å². The first-order valence-electron chi connectivity index (χ1n) is 14.8. The van der Waals surface area contributed by atoms with Crippen LogP contribution in [-0.2, 0) is 7.05 Å². The van der Waals surface area contributed by atoms with Gasteiger partial charge in [0.15, 0.2) is 6.20 Å². The molecule has 0 spiro atoms. The molecule has 6 aromatic carbocycles. The quantitative estimate of drug-likeness (QED) is 0.192. The lowest BCUT2D eigenvalue weighted by atomic mass is 9.96. The van der Waals surface area contributed by atoms with Crippen molar-refractivity contribution >= 4 is 32.6 Å². The van der Waals surface area contributed by atoms with E-state index < -0.39 is 0 Å². The fraction of sp³-hybridized carbons (Fsp3) is 0.0488. The van der Waals surface area contributed by atoms with Gasteiger partial charge in [0, 0.05) is 22.5 Å². The fourth-order valence-electron chi connectivity index (χ4n) is 6.67. The maximum Gasteiger partial charge on any atom is 0.237 e. The standard InChI is InChI=1S/C41H31N2/c1-28-35-16-7-6-13-32(35)23-24-36(28)40-41-38(25-26-42(40)2)37-17-8-9-18-39(37)43(41)34-15-10-14-33(27-34)31-21-19-30(20-22-31)29-11-4-3-5-12-29/h3-27H,1-2H3/q+1. The first-order chi connectivity index (χ1) is 21.2. The van der Waals surface area contributed by atoms with Crippen molar-refractivity contribution in [3.05, 3.63) is 157 Å². The van der Waals surface area contributed by atoms with Gasteiger partial charge in [-0.1, -0.05) is 115 Å². The third kappa shape index (κ3) is 4.14. The molecule has 0 N–H and O–H groups in total. The molecule has 2 heteroatoms. The van der Waals surface area contributed by atoms with Crippen LogP contribution in [0.3, 0.4) is 0 Å². The van der Waals surface area contributed by atoms with Crippen LogP contribution in [0.4, 0.5) is 0 Å². The van der Waals surface area contributed by atoms with Gasteiger partial charge in [-0.05, 0) is 69.8 Å². The highest BCUT2D eigenvalue weighted by atomic mass is 15.0. The Kier molecular flexibility index (Phi) is 5.94. The number of rotatable bonds is 4. The molecule has 43 heavy (non-hydrogen) atoms. The number of hydrogen-bond donors (Lipinski definition) is 0. The van der Waals surface area contributed by atoms with Crippen LogP contribution in [0.1, 0.15) is 5.56 Å². The highest BCUT2D eigenvalue weighted by molar-refractivity contribution is 6.13. The van der Waals surface area contributed by atoms with Crippen LogP contribution >= 0.6 is 0 Å². The van der Waals surface area contributed by atoms with Crippen molar-refractivity contribution in [2.45, 2.75) is 6.92 Å². The summed E-state index contributed by atoms with van der Waals surface area (Å²) in [7, 11) is 2.16. The number of para-hydroxylation sites is 1. The Morgan fingerprint density at radius 2 is 1.16 bits per heavy atom. The number of benzene rings is 6. The van der Waals surface area contributed by atoms with Gasteiger partial charge in [0.2, 0.25) is 5.69 Å². The van der Waals surface area contributed by atoms with E-state index in [1.807, 2.05) is 0 Å². The maximum atomic E-state index is 2.45. The zero-order valence-electron chi connectivity index (χ0n) is 24.3. The van der Waals surface area contributed by atoms with Gasteiger partial charge in [0.25, 0.3) is 0 Å². The lowest BCUT2D eigenvalue weighted by Crippen LogP contribution is -2.31. The number of hydrogen-bond acceptors (Lipinski definition) is 0. The van der Waals surface area contributed by atoms with Crippen molar-refractivity contribution in [2.24, 2.45) is 7.05 Å². The van der Waals surface area contributed by atoms with Crippen molar-refractivity contribution in [1.82, 2.24) is 4.57 Å². The van der Waals surface area contributed by atoms with E-state index in [0.29, 0.717) is 0 Å². The molecular formula is C41H31N2+. The average molecular weight is 552 g/mol. The second-order valence-electron chi connectivity index (χ2n) is 11.3. The highest BCUT2D eigenvalue weighted by Gasteiger charge is 2.25. The van der Waals surface area contributed by atoms with E-state index in [4.69, 9.17) is 0 Å². The second-order valence-corrected chi connectivity index (χ2v) is 11.3. The minimum absolute atomic E-state index is 1.15. The lowest BCUT2D eigenvalue weighted by Gasteiger charge is -2.14. The van der Waals surface area contributed by atoms with Crippen LogP contribution < -0.4 is 4.57 Å².